The van der Waals surface area contributed by atoms with Gasteiger partial charge in [0, 0.05) is 21.7 Å². The van der Waals surface area contributed by atoms with Gasteiger partial charge in [0.1, 0.15) is 0 Å². The molecule has 0 unspecified atom stereocenters. The zero-order chi connectivity index (χ0) is 13.0. The first-order valence-corrected chi connectivity index (χ1v) is 6.69. The van der Waals surface area contributed by atoms with Gasteiger partial charge in [0.25, 0.3) is 0 Å². The summed E-state index contributed by atoms with van der Waals surface area (Å²) in [6.45, 7) is 1.91. The first-order valence-electron chi connectivity index (χ1n) is 5.44. The second-order valence-corrected chi connectivity index (χ2v) is 5.21. The molecule has 1 N–H and O–H groups in total. The monoisotopic (exact) mass is 277 g/mol. The van der Waals surface area contributed by atoms with Crippen molar-refractivity contribution in [2.75, 3.05) is 5.32 Å². The smallest absolute Gasteiger partial charge is 0.248 e. The largest absolute Gasteiger partial charge is 0.322 e. The Morgan fingerprint density at radius 2 is 2.22 bits per heavy atom. The minimum Gasteiger partial charge on any atom is -0.322 e. The van der Waals surface area contributed by atoms with Gasteiger partial charge in [0.2, 0.25) is 5.91 Å². The number of carbonyl (C=O) groups excluding carboxylic acids is 1. The number of thiophene rings is 1. The number of carbonyl (C=O) groups is 1. The molecule has 0 saturated carbocycles. The highest BCUT2D eigenvalue weighted by Gasteiger charge is 2.02. The van der Waals surface area contributed by atoms with E-state index in [-0.39, 0.29) is 5.91 Å². The van der Waals surface area contributed by atoms with Gasteiger partial charge in [-0.25, -0.2) is 0 Å². The number of hydrogen-bond acceptors (Lipinski definition) is 2. The van der Waals surface area contributed by atoms with Crippen LogP contribution < -0.4 is 5.32 Å². The zero-order valence-corrected chi connectivity index (χ0v) is 11.4. The topological polar surface area (TPSA) is 29.1 Å². The highest BCUT2D eigenvalue weighted by molar-refractivity contribution is 7.10. The molecule has 0 aliphatic heterocycles. The number of anilines is 1. The van der Waals surface area contributed by atoms with Gasteiger partial charge in [0.05, 0.1) is 0 Å². The van der Waals surface area contributed by atoms with Crippen molar-refractivity contribution in [3.05, 3.63) is 57.3 Å². The average Bonchev–Trinajstić information content (AvgIpc) is 2.83. The lowest BCUT2D eigenvalue weighted by molar-refractivity contribution is -0.111. The number of hydrogen-bond donors (Lipinski definition) is 1. The van der Waals surface area contributed by atoms with Crippen LogP contribution in [0.2, 0.25) is 5.02 Å². The molecule has 1 aromatic heterocycles. The minimum atomic E-state index is -0.145. The normalized spacial score (nSPS) is 10.8. The van der Waals surface area contributed by atoms with Gasteiger partial charge >= 0.3 is 0 Å². The Balaban J connectivity index is 2.03. The van der Waals surface area contributed by atoms with E-state index in [0.717, 1.165) is 16.1 Å². The van der Waals surface area contributed by atoms with Gasteiger partial charge in [0.15, 0.2) is 0 Å². The van der Waals surface area contributed by atoms with Crippen LogP contribution in [0.15, 0.2) is 41.8 Å². The maximum atomic E-state index is 11.7. The van der Waals surface area contributed by atoms with E-state index >= 15 is 0 Å². The van der Waals surface area contributed by atoms with E-state index in [1.54, 1.807) is 29.5 Å². The molecule has 1 amide bonds. The fourth-order valence-corrected chi connectivity index (χ4v) is 2.33. The van der Waals surface area contributed by atoms with E-state index in [0.29, 0.717) is 5.02 Å². The third-order valence-electron chi connectivity index (χ3n) is 2.39. The number of benzene rings is 1. The van der Waals surface area contributed by atoms with Crippen LogP contribution in [-0.4, -0.2) is 5.91 Å². The molecule has 0 spiro atoms. The maximum absolute atomic E-state index is 11.7. The molecule has 0 atom stereocenters. The Morgan fingerprint density at radius 3 is 2.89 bits per heavy atom. The summed E-state index contributed by atoms with van der Waals surface area (Å²) in [4.78, 5) is 12.8. The van der Waals surface area contributed by atoms with E-state index in [4.69, 9.17) is 11.6 Å². The number of rotatable bonds is 3. The van der Waals surface area contributed by atoms with Crippen molar-refractivity contribution in [2.24, 2.45) is 0 Å². The Bertz CT molecular complexity index is 575. The first kappa shape index (κ1) is 12.9. The van der Waals surface area contributed by atoms with Crippen LogP contribution in [0.1, 0.15) is 10.4 Å². The molecule has 0 fully saturated rings. The van der Waals surface area contributed by atoms with Crippen LogP contribution in [0.4, 0.5) is 5.69 Å². The molecule has 0 saturated heterocycles. The predicted molar refractivity (Wildman–Crippen MR) is 78.2 cm³/mol. The summed E-state index contributed by atoms with van der Waals surface area (Å²) in [5.41, 5.74) is 1.72. The molecule has 0 aliphatic rings. The van der Waals surface area contributed by atoms with Crippen LogP contribution in [0.5, 0.6) is 0 Å². The molecule has 0 bridgehead atoms. The average molecular weight is 278 g/mol. The third kappa shape index (κ3) is 3.45. The lowest BCUT2D eigenvalue weighted by atomic mass is 10.2. The molecule has 1 heterocycles. The Labute approximate surface area is 115 Å². The van der Waals surface area contributed by atoms with Crippen LogP contribution in [0.25, 0.3) is 6.08 Å². The summed E-state index contributed by atoms with van der Waals surface area (Å²) < 4.78 is 0. The molecular formula is C14H12ClNOS. The maximum Gasteiger partial charge on any atom is 0.248 e. The molecule has 0 radical (unpaired) electrons. The second kappa shape index (κ2) is 5.85. The molecule has 1 aromatic carbocycles. The lowest BCUT2D eigenvalue weighted by Crippen LogP contribution is -2.08. The number of aryl methyl sites for hydroxylation is 1. The third-order valence-corrected chi connectivity index (χ3v) is 3.46. The Hall–Kier alpha value is -1.58. The van der Waals surface area contributed by atoms with Gasteiger partial charge in [-0.2, -0.15) is 0 Å². The van der Waals surface area contributed by atoms with E-state index in [1.807, 2.05) is 30.5 Å². The number of amides is 1. The van der Waals surface area contributed by atoms with Gasteiger partial charge in [-0.1, -0.05) is 17.7 Å². The number of nitrogens with one attached hydrogen (secondary N) is 1. The Kier molecular flexibility index (Phi) is 4.18. The summed E-state index contributed by atoms with van der Waals surface area (Å²) in [6, 6.07) is 9.29. The summed E-state index contributed by atoms with van der Waals surface area (Å²) in [5.74, 6) is -0.145. The highest BCUT2D eigenvalue weighted by Crippen LogP contribution is 2.19. The first-order chi connectivity index (χ1) is 8.65. The van der Waals surface area contributed by atoms with Crippen LogP contribution in [0.3, 0.4) is 0 Å². The quantitative estimate of drug-likeness (QED) is 0.830. The minimum absolute atomic E-state index is 0.145. The van der Waals surface area contributed by atoms with E-state index in [2.05, 4.69) is 5.32 Å². The van der Waals surface area contributed by atoms with Crippen molar-refractivity contribution in [3.8, 4) is 0 Å². The van der Waals surface area contributed by atoms with Gasteiger partial charge < -0.3 is 5.32 Å². The van der Waals surface area contributed by atoms with Crippen molar-refractivity contribution >= 4 is 40.6 Å². The van der Waals surface area contributed by atoms with Gasteiger partial charge in [-0.3, -0.25) is 4.79 Å². The standard InChI is InChI=1S/C14H12ClNOS/c1-10-9-11(15)4-6-13(10)16-14(17)7-5-12-3-2-8-18-12/h2-9H,1H3,(H,16,17). The zero-order valence-electron chi connectivity index (χ0n) is 9.81. The van der Waals surface area contributed by atoms with E-state index in [1.165, 1.54) is 6.08 Å². The summed E-state index contributed by atoms with van der Waals surface area (Å²) in [7, 11) is 0. The molecule has 0 aliphatic carbocycles. The van der Waals surface area contributed by atoms with Crippen molar-refractivity contribution in [1.82, 2.24) is 0 Å². The van der Waals surface area contributed by atoms with Crippen molar-refractivity contribution in [1.29, 1.82) is 0 Å². The highest BCUT2D eigenvalue weighted by atomic mass is 35.5. The van der Waals surface area contributed by atoms with Crippen molar-refractivity contribution < 1.29 is 4.79 Å². The molecule has 2 rings (SSSR count). The molecular weight excluding hydrogens is 266 g/mol. The van der Waals surface area contributed by atoms with Crippen molar-refractivity contribution in [2.45, 2.75) is 6.92 Å². The predicted octanol–water partition coefficient (Wildman–Crippen LogP) is 4.36. The summed E-state index contributed by atoms with van der Waals surface area (Å²) in [5, 5.41) is 5.46. The summed E-state index contributed by atoms with van der Waals surface area (Å²) in [6.07, 6.45) is 3.32. The number of halogens is 1. The Morgan fingerprint density at radius 1 is 1.39 bits per heavy atom. The van der Waals surface area contributed by atoms with E-state index in [9.17, 15) is 4.79 Å². The van der Waals surface area contributed by atoms with Crippen molar-refractivity contribution in [3.63, 3.8) is 0 Å². The van der Waals surface area contributed by atoms with Crippen LogP contribution in [-0.2, 0) is 4.79 Å². The van der Waals surface area contributed by atoms with E-state index < -0.39 is 0 Å². The summed E-state index contributed by atoms with van der Waals surface area (Å²) >= 11 is 7.45. The van der Waals surface area contributed by atoms with Crippen LogP contribution >= 0.6 is 22.9 Å². The molecule has 2 aromatic rings. The molecule has 4 heteroatoms. The lowest BCUT2D eigenvalue weighted by Gasteiger charge is -2.06. The van der Waals surface area contributed by atoms with Gasteiger partial charge in [-0.05, 0) is 48.2 Å². The fourth-order valence-electron chi connectivity index (χ4n) is 1.49. The van der Waals surface area contributed by atoms with Gasteiger partial charge in [-0.15, -0.1) is 11.3 Å². The van der Waals surface area contributed by atoms with Crippen LogP contribution in [0, 0.1) is 6.92 Å². The molecule has 2 nitrogen and oxygen atoms in total. The SMILES string of the molecule is Cc1cc(Cl)ccc1NC(=O)C=Cc1cccs1. The fraction of sp³-hybridized carbons (Fsp3) is 0.0714. The second-order valence-electron chi connectivity index (χ2n) is 3.80. The molecule has 18 heavy (non-hydrogen) atoms. The molecule has 92 valence electrons.